The second kappa shape index (κ2) is 7.54. The largest absolute Gasteiger partial charge is 0.338 e. The highest BCUT2D eigenvalue weighted by Crippen LogP contribution is 2.31. The number of aromatic nitrogens is 3. The number of benzene rings is 2. The molecular formula is C25H29N5O. The van der Waals surface area contributed by atoms with Crippen LogP contribution in [0, 0.1) is 6.92 Å². The number of likely N-dealkylation sites (tertiary alicyclic amines) is 1. The van der Waals surface area contributed by atoms with Crippen molar-refractivity contribution in [3.05, 3.63) is 53.6 Å². The summed E-state index contributed by atoms with van der Waals surface area (Å²) in [5.41, 5.74) is 12.2. The van der Waals surface area contributed by atoms with Gasteiger partial charge in [0.05, 0.1) is 16.7 Å². The van der Waals surface area contributed by atoms with Gasteiger partial charge < -0.3 is 19.8 Å². The summed E-state index contributed by atoms with van der Waals surface area (Å²) in [5, 5.41) is 1.22. The maximum absolute atomic E-state index is 13.0. The lowest BCUT2D eigenvalue weighted by atomic mass is 10.1. The van der Waals surface area contributed by atoms with Gasteiger partial charge in [0.15, 0.2) is 5.82 Å². The van der Waals surface area contributed by atoms with Gasteiger partial charge in [-0.25, -0.2) is 4.98 Å². The molecule has 5 rings (SSSR count). The summed E-state index contributed by atoms with van der Waals surface area (Å²) >= 11 is 0. The first kappa shape index (κ1) is 19.8. The van der Waals surface area contributed by atoms with Crippen molar-refractivity contribution in [2.45, 2.75) is 39.3 Å². The molecule has 2 aromatic heterocycles. The summed E-state index contributed by atoms with van der Waals surface area (Å²) in [6.45, 7) is 6.54. The van der Waals surface area contributed by atoms with E-state index in [0.717, 1.165) is 48.5 Å². The first-order valence-electron chi connectivity index (χ1n) is 11.1. The molecule has 4 aromatic rings. The average Bonchev–Trinajstić information content (AvgIpc) is 3.29. The van der Waals surface area contributed by atoms with Crippen LogP contribution in [-0.2, 0) is 13.6 Å². The van der Waals surface area contributed by atoms with Gasteiger partial charge in [0.25, 0.3) is 5.91 Å². The fourth-order valence-electron chi connectivity index (χ4n) is 4.86. The van der Waals surface area contributed by atoms with E-state index in [2.05, 4.69) is 47.2 Å². The number of fused-ring (bicyclic) bond motifs is 2. The number of amides is 1. The maximum Gasteiger partial charge on any atom is 0.253 e. The monoisotopic (exact) mass is 415 g/mol. The minimum Gasteiger partial charge on any atom is -0.338 e. The van der Waals surface area contributed by atoms with Gasteiger partial charge in [-0.05, 0) is 63.1 Å². The molecule has 6 heteroatoms. The quantitative estimate of drug-likeness (QED) is 0.548. The van der Waals surface area contributed by atoms with Gasteiger partial charge >= 0.3 is 0 Å². The molecule has 0 spiro atoms. The summed E-state index contributed by atoms with van der Waals surface area (Å²) in [6.07, 6.45) is 1.95. The van der Waals surface area contributed by atoms with Gasteiger partial charge in [0.2, 0.25) is 0 Å². The van der Waals surface area contributed by atoms with Gasteiger partial charge in [0, 0.05) is 49.2 Å². The summed E-state index contributed by atoms with van der Waals surface area (Å²) in [5.74, 6) is 0.956. The summed E-state index contributed by atoms with van der Waals surface area (Å²) in [4.78, 5) is 19.9. The van der Waals surface area contributed by atoms with Crippen molar-refractivity contribution in [2.24, 2.45) is 12.8 Å². The molecule has 1 aliphatic heterocycles. The van der Waals surface area contributed by atoms with Crippen LogP contribution < -0.4 is 5.73 Å². The van der Waals surface area contributed by atoms with Gasteiger partial charge in [-0.1, -0.05) is 11.6 Å². The van der Waals surface area contributed by atoms with Gasteiger partial charge in [-0.3, -0.25) is 4.79 Å². The molecule has 2 aromatic carbocycles. The van der Waals surface area contributed by atoms with Crippen molar-refractivity contribution in [1.29, 1.82) is 0 Å². The Bertz CT molecular complexity index is 1300. The van der Waals surface area contributed by atoms with E-state index in [9.17, 15) is 4.79 Å². The fourth-order valence-corrected chi connectivity index (χ4v) is 4.86. The Morgan fingerprint density at radius 2 is 1.97 bits per heavy atom. The van der Waals surface area contributed by atoms with Crippen molar-refractivity contribution in [3.8, 4) is 11.5 Å². The smallest absolute Gasteiger partial charge is 0.253 e. The Labute approximate surface area is 182 Å². The predicted molar refractivity (Wildman–Crippen MR) is 125 cm³/mol. The van der Waals surface area contributed by atoms with Crippen LogP contribution in [-0.4, -0.2) is 44.1 Å². The third-order valence-corrected chi connectivity index (χ3v) is 6.48. The molecule has 160 valence electrons. The number of piperidine rings is 1. The number of carbonyl (C=O) groups excluding carboxylic acids is 1. The van der Waals surface area contributed by atoms with E-state index >= 15 is 0 Å². The number of rotatable bonds is 3. The Morgan fingerprint density at radius 1 is 1.16 bits per heavy atom. The minimum atomic E-state index is 0.0439. The molecule has 0 saturated carbocycles. The summed E-state index contributed by atoms with van der Waals surface area (Å²) in [6, 6.07) is 14.7. The van der Waals surface area contributed by atoms with Gasteiger partial charge in [-0.2, -0.15) is 0 Å². The molecule has 0 radical (unpaired) electrons. The van der Waals surface area contributed by atoms with Crippen molar-refractivity contribution in [1.82, 2.24) is 19.0 Å². The molecule has 1 aliphatic rings. The summed E-state index contributed by atoms with van der Waals surface area (Å²) < 4.78 is 4.42. The zero-order chi connectivity index (χ0) is 21.7. The minimum absolute atomic E-state index is 0.0439. The molecule has 0 aliphatic carbocycles. The van der Waals surface area contributed by atoms with Gasteiger partial charge in [0.1, 0.15) is 0 Å². The van der Waals surface area contributed by atoms with Crippen LogP contribution in [0.2, 0.25) is 0 Å². The molecule has 1 atom stereocenters. The zero-order valence-corrected chi connectivity index (χ0v) is 18.4. The Hall–Kier alpha value is -3.12. The Kier molecular flexibility index (Phi) is 4.82. The highest BCUT2D eigenvalue weighted by atomic mass is 16.2. The van der Waals surface area contributed by atoms with E-state index in [-0.39, 0.29) is 11.9 Å². The van der Waals surface area contributed by atoms with Crippen LogP contribution >= 0.6 is 0 Å². The van der Waals surface area contributed by atoms with Crippen LogP contribution in [0.15, 0.2) is 42.5 Å². The standard InChI is InChI=1S/C25H29N5O/c1-4-30-21-9-7-16(2)12-18(21)14-23(30)24-27-20-13-17(8-10-22(20)28(24)3)25(31)29-11-5-6-19(26)15-29/h7-10,12-14,19H,4-6,11,15,26H2,1-3H3/t19-/m1/s1. The Balaban J connectivity index is 1.58. The average molecular weight is 416 g/mol. The first-order chi connectivity index (χ1) is 15.0. The predicted octanol–water partition coefficient (Wildman–Crippen LogP) is 4.09. The zero-order valence-electron chi connectivity index (χ0n) is 18.4. The normalized spacial score (nSPS) is 17.0. The molecule has 6 nitrogen and oxygen atoms in total. The molecule has 0 unspecified atom stereocenters. The van der Waals surface area contributed by atoms with Crippen LogP contribution in [0.1, 0.15) is 35.7 Å². The number of aryl methyl sites for hydroxylation is 3. The molecule has 0 bridgehead atoms. The molecule has 31 heavy (non-hydrogen) atoms. The molecule has 1 saturated heterocycles. The van der Waals surface area contributed by atoms with Crippen molar-refractivity contribution in [3.63, 3.8) is 0 Å². The number of carbonyl (C=O) groups is 1. The molecule has 1 amide bonds. The summed E-state index contributed by atoms with van der Waals surface area (Å²) in [7, 11) is 2.04. The van der Waals surface area contributed by atoms with E-state index in [0.29, 0.717) is 12.1 Å². The maximum atomic E-state index is 13.0. The lowest BCUT2D eigenvalue weighted by molar-refractivity contribution is 0.0709. The number of hydrogen-bond donors (Lipinski definition) is 1. The molecule has 1 fully saturated rings. The van der Waals surface area contributed by atoms with Crippen LogP contribution in [0.25, 0.3) is 33.5 Å². The van der Waals surface area contributed by atoms with Crippen molar-refractivity contribution in [2.75, 3.05) is 13.1 Å². The van der Waals surface area contributed by atoms with E-state index in [4.69, 9.17) is 10.7 Å². The lowest BCUT2D eigenvalue weighted by Crippen LogP contribution is -2.45. The highest BCUT2D eigenvalue weighted by Gasteiger charge is 2.23. The lowest BCUT2D eigenvalue weighted by Gasteiger charge is -2.30. The SMILES string of the molecule is CCn1c(-c2nc3cc(C(=O)N4CCC[C@@H](N)C4)ccc3n2C)cc2cc(C)ccc21. The molecule has 3 heterocycles. The van der Waals surface area contributed by atoms with Gasteiger partial charge in [-0.15, -0.1) is 0 Å². The Morgan fingerprint density at radius 3 is 2.74 bits per heavy atom. The van der Waals surface area contributed by atoms with Crippen LogP contribution in [0.5, 0.6) is 0 Å². The van der Waals surface area contributed by atoms with Crippen LogP contribution in [0.4, 0.5) is 0 Å². The number of nitrogens with two attached hydrogens (primary N) is 1. The van der Waals surface area contributed by atoms with E-state index in [1.165, 1.54) is 16.5 Å². The number of imidazole rings is 1. The van der Waals surface area contributed by atoms with Crippen molar-refractivity contribution >= 4 is 27.8 Å². The third-order valence-electron chi connectivity index (χ3n) is 6.48. The van der Waals surface area contributed by atoms with E-state index < -0.39 is 0 Å². The first-order valence-corrected chi connectivity index (χ1v) is 11.1. The second-order valence-corrected chi connectivity index (χ2v) is 8.69. The topological polar surface area (TPSA) is 69.1 Å². The van der Waals surface area contributed by atoms with Crippen LogP contribution in [0.3, 0.4) is 0 Å². The molecule has 2 N–H and O–H groups in total. The second-order valence-electron chi connectivity index (χ2n) is 8.69. The van der Waals surface area contributed by atoms with E-state index in [1.54, 1.807) is 0 Å². The van der Waals surface area contributed by atoms with Crippen molar-refractivity contribution < 1.29 is 4.79 Å². The van der Waals surface area contributed by atoms with E-state index in [1.807, 2.05) is 30.1 Å². The third kappa shape index (κ3) is 3.31. The fraction of sp³-hybridized carbons (Fsp3) is 0.360. The number of nitrogens with zero attached hydrogens (tertiary/aromatic N) is 4. The number of hydrogen-bond acceptors (Lipinski definition) is 3. The highest BCUT2D eigenvalue weighted by molar-refractivity contribution is 5.98. The molecular weight excluding hydrogens is 386 g/mol.